The van der Waals surface area contributed by atoms with Crippen LogP contribution in [0.3, 0.4) is 0 Å². The van der Waals surface area contributed by atoms with Crippen molar-refractivity contribution in [2.75, 3.05) is 0 Å². The van der Waals surface area contributed by atoms with Gasteiger partial charge in [0.05, 0.1) is 19.1 Å². The maximum absolute atomic E-state index is 10.4. The smallest absolute Gasteiger partial charge is 0.306 e. The van der Waals surface area contributed by atoms with Gasteiger partial charge in [-0.3, -0.25) is 4.79 Å². The Hall–Kier alpha value is -1.14. The maximum atomic E-state index is 10.4. The number of rotatable bonds is 5. The molecule has 6 heteroatoms. The molecule has 0 spiro atoms. The molecule has 1 rings (SSSR count). The van der Waals surface area contributed by atoms with Gasteiger partial charge in [0, 0.05) is 5.02 Å². The molecule has 0 saturated heterocycles. The number of hydrogen-bond donors (Lipinski definition) is 4. The zero-order valence-corrected chi connectivity index (χ0v) is 9.63. The summed E-state index contributed by atoms with van der Waals surface area (Å²) in [6, 6.07) is 4.37. The maximum Gasteiger partial charge on any atom is 0.306 e. The Morgan fingerprint density at radius 2 is 2.00 bits per heavy atom. The Bertz CT molecular complexity index is 407. The number of aliphatic hydroxyl groups excluding tert-OH is 3. The van der Waals surface area contributed by atoms with E-state index in [1.165, 1.54) is 18.2 Å². The molecule has 0 fully saturated rings. The van der Waals surface area contributed by atoms with Gasteiger partial charge in [-0.1, -0.05) is 17.7 Å². The summed E-state index contributed by atoms with van der Waals surface area (Å²) in [4.78, 5) is 10.4. The lowest BCUT2D eigenvalue weighted by Crippen LogP contribution is -2.21. The van der Waals surface area contributed by atoms with Crippen LogP contribution in [0.4, 0.5) is 0 Å². The molecule has 2 unspecified atom stereocenters. The molecule has 0 aliphatic rings. The fourth-order valence-corrected chi connectivity index (χ4v) is 1.59. The van der Waals surface area contributed by atoms with Crippen LogP contribution in [-0.2, 0) is 11.4 Å². The van der Waals surface area contributed by atoms with Crippen molar-refractivity contribution < 1.29 is 25.2 Å². The van der Waals surface area contributed by atoms with E-state index in [0.29, 0.717) is 16.1 Å². The lowest BCUT2D eigenvalue weighted by molar-refractivity contribution is -0.141. The largest absolute Gasteiger partial charge is 0.481 e. The second-order valence-electron chi connectivity index (χ2n) is 3.62. The average molecular weight is 261 g/mol. The summed E-state index contributed by atoms with van der Waals surface area (Å²) in [6.07, 6.45) is -3.29. The molecule has 4 N–H and O–H groups in total. The number of carbonyl (C=O) groups is 1. The number of aliphatic hydroxyl groups is 3. The SMILES string of the molecule is O=C(O)CC(O)C(O)c1ccc(Cl)c(CO)c1. The van der Waals surface area contributed by atoms with E-state index in [1.807, 2.05) is 0 Å². The molecule has 0 aromatic heterocycles. The average Bonchev–Trinajstić information content (AvgIpc) is 2.27. The third-order valence-corrected chi connectivity index (χ3v) is 2.70. The molecule has 94 valence electrons. The van der Waals surface area contributed by atoms with E-state index in [0.717, 1.165) is 0 Å². The number of aliphatic carboxylic acids is 1. The second kappa shape index (κ2) is 5.97. The molecule has 1 aromatic rings. The molecular weight excluding hydrogens is 248 g/mol. The van der Waals surface area contributed by atoms with E-state index < -0.39 is 24.6 Å². The first-order valence-electron chi connectivity index (χ1n) is 4.92. The number of hydrogen-bond acceptors (Lipinski definition) is 4. The van der Waals surface area contributed by atoms with Gasteiger partial charge in [-0.2, -0.15) is 0 Å². The minimum absolute atomic E-state index is 0.297. The first-order chi connectivity index (χ1) is 7.95. The Labute approximate surface area is 103 Å². The van der Waals surface area contributed by atoms with Crippen LogP contribution in [0.1, 0.15) is 23.7 Å². The third kappa shape index (κ3) is 3.67. The summed E-state index contributed by atoms with van der Waals surface area (Å²) in [6.45, 7) is -0.297. The molecule has 5 nitrogen and oxygen atoms in total. The van der Waals surface area contributed by atoms with E-state index in [9.17, 15) is 15.0 Å². The highest BCUT2D eigenvalue weighted by Gasteiger charge is 2.21. The molecular formula is C11H13ClO5. The van der Waals surface area contributed by atoms with E-state index >= 15 is 0 Å². The van der Waals surface area contributed by atoms with Gasteiger partial charge in [0.25, 0.3) is 0 Å². The van der Waals surface area contributed by atoms with Crippen molar-refractivity contribution >= 4 is 17.6 Å². The number of halogens is 1. The highest BCUT2D eigenvalue weighted by molar-refractivity contribution is 6.31. The van der Waals surface area contributed by atoms with Crippen molar-refractivity contribution in [1.82, 2.24) is 0 Å². The molecule has 0 saturated carbocycles. The van der Waals surface area contributed by atoms with Crippen LogP contribution in [0.15, 0.2) is 18.2 Å². The van der Waals surface area contributed by atoms with E-state index in [2.05, 4.69) is 0 Å². The minimum Gasteiger partial charge on any atom is -0.481 e. The van der Waals surface area contributed by atoms with Gasteiger partial charge in [0.2, 0.25) is 0 Å². The zero-order chi connectivity index (χ0) is 13.0. The highest BCUT2D eigenvalue weighted by atomic mass is 35.5. The van der Waals surface area contributed by atoms with Gasteiger partial charge >= 0.3 is 5.97 Å². The van der Waals surface area contributed by atoms with Crippen LogP contribution in [-0.4, -0.2) is 32.5 Å². The predicted octanol–water partition coefficient (Wildman–Crippen LogP) is 0.701. The second-order valence-corrected chi connectivity index (χ2v) is 4.03. The molecule has 0 bridgehead atoms. The van der Waals surface area contributed by atoms with Crippen molar-refractivity contribution in [3.8, 4) is 0 Å². The quantitative estimate of drug-likeness (QED) is 0.625. The minimum atomic E-state index is -1.40. The molecule has 0 heterocycles. The summed E-state index contributed by atoms with van der Waals surface area (Å²) >= 11 is 5.77. The van der Waals surface area contributed by atoms with E-state index in [-0.39, 0.29) is 6.61 Å². The van der Waals surface area contributed by atoms with Gasteiger partial charge in [-0.05, 0) is 23.3 Å². The van der Waals surface area contributed by atoms with Crippen LogP contribution in [0.25, 0.3) is 0 Å². The van der Waals surface area contributed by atoms with Crippen molar-refractivity contribution in [1.29, 1.82) is 0 Å². The predicted molar refractivity (Wildman–Crippen MR) is 60.6 cm³/mol. The zero-order valence-electron chi connectivity index (χ0n) is 8.88. The Kier molecular flexibility index (Phi) is 4.89. The lowest BCUT2D eigenvalue weighted by Gasteiger charge is -2.17. The standard InChI is InChI=1S/C11H13ClO5/c12-8-2-1-6(3-7(8)5-13)11(17)9(14)4-10(15)16/h1-3,9,11,13-14,17H,4-5H2,(H,15,16). The molecule has 0 aliphatic heterocycles. The monoisotopic (exact) mass is 260 g/mol. The van der Waals surface area contributed by atoms with Crippen LogP contribution in [0.2, 0.25) is 5.02 Å². The summed E-state index contributed by atoms with van der Waals surface area (Å²) in [5, 5.41) is 37.0. The molecule has 0 amide bonds. The van der Waals surface area contributed by atoms with Crippen molar-refractivity contribution in [2.45, 2.75) is 25.2 Å². The van der Waals surface area contributed by atoms with Gasteiger partial charge < -0.3 is 20.4 Å². The Morgan fingerprint density at radius 1 is 1.35 bits per heavy atom. The van der Waals surface area contributed by atoms with Crippen LogP contribution >= 0.6 is 11.6 Å². The molecule has 2 atom stereocenters. The van der Waals surface area contributed by atoms with Crippen molar-refractivity contribution in [3.05, 3.63) is 34.3 Å². The van der Waals surface area contributed by atoms with Gasteiger partial charge in [-0.15, -0.1) is 0 Å². The third-order valence-electron chi connectivity index (χ3n) is 2.33. The summed E-state index contributed by atoms with van der Waals surface area (Å²) in [5.41, 5.74) is 0.720. The number of carboxylic acids is 1. The molecule has 1 aromatic carbocycles. The van der Waals surface area contributed by atoms with Gasteiger partial charge in [0.1, 0.15) is 6.10 Å². The molecule has 0 radical (unpaired) electrons. The highest BCUT2D eigenvalue weighted by Crippen LogP contribution is 2.24. The normalized spacial score (nSPS) is 14.4. The van der Waals surface area contributed by atoms with Gasteiger partial charge in [0.15, 0.2) is 0 Å². The Balaban J connectivity index is 2.88. The van der Waals surface area contributed by atoms with E-state index in [4.69, 9.17) is 21.8 Å². The van der Waals surface area contributed by atoms with Crippen molar-refractivity contribution in [3.63, 3.8) is 0 Å². The van der Waals surface area contributed by atoms with Crippen molar-refractivity contribution in [2.24, 2.45) is 0 Å². The van der Waals surface area contributed by atoms with Crippen LogP contribution in [0, 0.1) is 0 Å². The first-order valence-corrected chi connectivity index (χ1v) is 5.30. The fraction of sp³-hybridized carbons (Fsp3) is 0.364. The summed E-state index contributed by atoms with van der Waals surface area (Å²) in [5.74, 6) is -1.20. The van der Waals surface area contributed by atoms with Crippen LogP contribution in [0.5, 0.6) is 0 Å². The molecule has 0 aliphatic carbocycles. The number of benzene rings is 1. The van der Waals surface area contributed by atoms with Crippen LogP contribution < -0.4 is 0 Å². The summed E-state index contributed by atoms with van der Waals surface area (Å²) < 4.78 is 0. The van der Waals surface area contributed by atoms with Gasteiger partial charge in [-0.25, -0.2) is 0 Å². The number of carboxylic acid groups (broad SMARTS) is 1. The fourth-order valence-electron chi connectivity index (χ4n) is 1.41. The molecule has 17 heavy (non-hydrogen) atoms. The first kappa shape index (κ1) is 13.9. The topological polar surface area (TPSA) is 98.0 Å². The van der Waals surface area contributed by atoms with E-state index in [1.54, 1.807) is 0 Å². The Morgan fingerprint density at radius 3 is 2.53 bits per heavy atom. The lowest BCUT2D eigenvalue weighted by atomic mass is 10.0. The summed E-state index contributed by atoms with van der Waals surface area (Å²) in [7, 11) is 0.